The quantitative estimate of drug-likeness (QED) is 0.515. The molecule has 4 rings (SSSR count). The van der Waals surface area contributed by atoms with Crippen molar-refractivity contribution in [2.24, 2.45) is 0 Å². The van der Waals surface area contributed by atoms with Gasteiger partial charge in [0.1, 0.15) is 5.69 Å². The van der Waals surface area contributed by atoms with E-state index in [1.54, 1.807) is 9.47 Å². The molecule has 1 amide bonds. The Morgan fingerprint density at radius 1 is 1.18 bits per heavy atom. The number of nitrogens with zero attached hydrogens (tertiary/aromatic N) is 5. The lowest BCUT2D eigenvalue weighted by Gasteiger charge is -2.39. The van der Waals surface area contributed by atoms with E-state index in [1.807, 2.05) is 66.5 Å². The van der Waals surface area contributed by atoms with Gasteiger partial charge in [0.2, 0.25) is 0 Å². The number of carbonyl (C=O) groups is 1. The average molecular weight is 485 g/mol. The molecular weight excluding hydrogens is 454 g/mol. The molecule has 0 bridgehead atoms. The lowest BCUT2D eigenvalue weighted by molar-refractivity contribution is 0.0751. The smallest absolute Gasteiger partial charge is 0.278 e. The normalized spacial score (nSPS) is 14.3. The number of carbonyl (C=O) groups excluding carboxylic acids is 1. The summed E-state index contributed by atoms with van der Waals surface area (Å²) in [5, 5.41) is 24.6. The first-order valence-corrected chi connectivity index (χ1v) is 12.2. The molecule has 1 fully saturated rings. The summed E-state index contributed by atoms with van der Waals surface area (Å²) in [6, 6.07) is 9.46. The van der Waals surface area contributed by atoms with Gasteiger partial charge in [0.25, 0.3) is 11.5 Å². The number of hydrogen-bond donors (Lipinski definition) is 1. The Morgan fingerprint density at radius 3 is 2.53 bits per heavy atom. The number of hydrogen-bond acceptors (Lipinski definition) is 8. The van der Waals surface area contributed by atoms with E-state index >= 15 is 0 Å². The van der Waals surface area contributed by atoms with Crippen LogP contribution in [0.15, 0.2) is 40.5 Å². The number of aryl methyl sites for hydroxylation is 2. The van der Waals surface area contributed by atoms with Gasteiger partial charge in [-0.15, -0.1) is 11.3 Å². The minimum atomic E-state index is -0.514. The number of amides is 1. The highest BCUT2D eigenvalue weighted by Gasteiger charge is 2.28. The standard InChI is InChI=1S/C24H30N5O4S/c1-17-7-8-19-18(16-17)21(22(29(32)33)24(31)28(19)10-5-9-25(2)3)26-11-13-27(14-12-26)23(30)20-6-4-15-34-20/h4,6-8,15-16,32H,5,9-14H2,1-3H3/q-1. The van der Waals surface area contributed by atoms with Gasteiger partial charge in [0.05, 0.1) is 16.1 Å². The maximum absolute atomic E-state index is 13.4. The SMILES string of the molecule is Cc1ccc2c(c1)c(N1CCN(C(=O)c3cccs3)CC1)c(N([O-])O)c(=O)n2CCCN(C)C. The highest BCUT2D eigenvalue weighted by atomic mass is 32.1. The van der Waals surface area contributed by atoms with Gasteiger partial charge in [-0.1, -0.05) is 17.7 Å². The summed E-state index contributed by atoms with van der Waals surface area (Å²) in [6.45, 7) is 4.99. The summed E-state index contributed by atoms with van der Waals surface area (Å²) in [7, 11) is 3.93. The van der Waals surface area contributed by atoms with Gasteiger partial charge < -0.3 is 29.7 Å². The second-order valence-corrected chi connectivity index (χ2v) is 9.81. The second-order valence-electron chi connectivity index (χ2n) is 8.86. The Hall–Kier alpha value is -2.92. The van der Waals surface area contributed by atoms with Crippen molar-refractivity contribution in [1.29, 1.82) is 0 Å². The molecule has 182 valence electrons. The lowest BCUT2D eigenvalue weighted by Crippen LogP contribution is -2.49. The first kappa shape index (κ1) is 24.2. The topological polar surface area (TPSA) is 95.3 Å². The first-order chi connectivity index (χ1) is 16.3. The van der Waals surface area contributed by atoms with Gasteiger partial charge in [-0.3, -0.25) is 14.8 Å². The Labute approximate surface area is 202 Å². The van der Waals surface area contributed by atoms with Crippen LogP contribution in [-0.2, 0) is 6.54 Å². The Kier molecular flexibility index (Phi) is 7.22. The van der Waals surface area contributed by atoms with E-state index in [9.17, 15) is 20.0 Å². The third kappa shape index (κ3) is 4.80. The zero-order valence-corrected chi connectivity index (χ0v) is 20.5. The van der Waals surface area contributed by atoms with E-state index in [4.69, 9.17) is 0 Å². The summed E-state index contributed by atoms with van der Waals surface area (Å²) in [4.78, 5) is 32.6. The molecule has 0 radical (unpaired) electrons. The van der Waals surface area contributed by atoms with Crippen LogP contribution in [0.3, 0.4) is 0 Å². The van der Waals surface area contributed by atoms with Crippen molar-refractivity contribution in [3.8, 4) is 0 Å². The molecule has 0 spiro atoms. The number of thiophene rings is 1. The van der Waals surface area contributed by atoms with Crippen molar-refractivity contribution in [1.82, 2.24) is 14.4 Å². The maximum Gasteiger partial charge on any atom is 0.278 e. The highest BCUT2D eigenvalue weighted by molar-refractivity contribution is 7.12. The lowest BCUT2D eigenvalue weighted by atomic mass is 10.1. The molecule has 1 aliphatic heterocycles. The molecule has 0 aliphatic carbocycles. The molecule has 1 aliphatic rings. The van der Waals surface area contributed by atoms with Crippen LogP contribution >= 0.6 is 11.3 Å². The fourth-order valence-electron chi connectivity index (χ4n) is 4.49. The highest BCUT2D eigenvalue weighted by Crippen LogP contribution is 2.35. The van der Waals surface area contributed by atoms with Crippen molar-refractivity contribution in [2.75, 3.05) is 56.9 Å². The van der Waals surface area contributed by atoms with Gasteiger partial charge >= 0.3 is 0 Å². The largest absolute Gasteiger partial charge is 0.733 e. The number of anilines is 2. The first-order valence-electron chi connectivity index (χ1n) is 11.3. The molecule has 1 saturated heterocycles. The molecule has 34 heavy (non-hydrogen) atoms. The zero-order chi connectivity index (χ0) is 24.4. The number of fused-ring (bicyclic) bond motifs is 1. The van der Waals surface area contributed by atoms with Crippen molar-refractivity contribution in [3.63, 3.8) is 0 Å². The number of rotatable bonds is 7. The predicted molar refractivity (Wildman–Crippen MR) is 136 cm³/mol. The molecule has 3 heterocycles. The Balaban J connectivity index is 1.72. The number of aromatic nitrogens is 1. The van der Waals surface area contributed by atoms with E-state index < -0.39 is 5.56 Å². The molecule has 10 heteroatoms. The third-order valence-corrected chi connectivity index (χ3v) is 7.02. The number of piperazine rings is 1. The van der Waals surface area contributed by atoms with Crippen LogP contribution in [0.1, 0.15) is 21.7 Å². The van der Waals surface area contributed by atoms with Gasteiger partial charge in [-0.25, -0.2) is 0 Å². The van der Waals surface area contributed by atoms with E-state index in [0.29, 0.717) is 43.3 Å². The summed E-state index contributed by atoms with van der Waals surface area (Å²) in [6.07, 6.45) is 0.725. The fourth-order valence-corrected chi connectivity index (χ4v) is 5.18. The van der Waals surface area contributed by atoms with E-state index in [1.165, 1.54) is 11.3 Å². The molecule has 2 aromatic heterocycles. The van der Waals surface area contributed by atoms with Crippen LogP contribution in [0.25, 0.3) is 10.9 Å². The fraction of sp³-hybridized carbons (Fsp3) is 0.417. The van der Waals surface area contributed by atoms with Crippen molar-refractivity contribution >= 4 is 39.5 Å². The van der Waals surface area contributed by atoms with Crippen molar-refractivity contribution in [3.05, 3.63) is 61.7 Å². The van der Waals surface area contributed by atoms with Gasteiger partial charge in [0.15, 0.2) is 0 Å². The van der Waals surface area contributed by atoms with Gasteiger partial charge in [-0.2, -0.15) is 0 Å². The molecule has 9 nitrogen and oxygen atoms in total. The molecular formula is C24H30N5O4S-. The van der Waals surface area contributed by atoms with E-state index in [-0.39, 0.29) is 16.8 Å². The number of pyridine rings is 1. The van der Waals surface area contributed by atoms with Crippen molar-refractivity contribution in [2.45, 2.75) is 19.9 Å². The third-order valence-electron chi connectivity index (χ3n) is 6.16. The summed E-state index contributed by atoms with van der Waals surface area (Å²) < 4.78 is 1.58. The second kappa shape index (κ2) is 10.1. The summed E-state index contributed by atoms with van der Waals surface area (Å²) in [5.41, 5.74) is 1.35. The van der Waals surface area contributed by atoms with Crippen LogP contribution in [0.5, 0.6) is 0 Å². The Morgan fingerprint density at radius 2 is 1.91 bits per heavy atom. The van der Waals surface area contributed by atoms with Gasteiger partial charge in [0, 0.05) is 38.1 Å². The van der Waals surface area contributed by atoms with E-state index in [0.717, 1.165) is 29.4 Å². The molecule has 0 unspecified atom stereocenters. The van der Waals surface area contributed by atoms with Crippen LogP contribution in [0.4, 0.5) is 11.4 Å². The molecule has 0 saturated carbocycles. The average Bonchev–Trinajstić information content (AvgIpc) is 3.34. The molecule has 3 aromatic rings. The monoisotopic (exact) mass is 484 g/mol. The Bertz CT molecular complexity index is 1210. The minimum absolute atomic E-state index is 0.0144. The number of benzene rings is 1. The van der Waals surface area contributed by atoms with Gasteiger partial charge in [-0.05, 0) is 57.6 Å². The van der Waals surface area contributed by atoms with Crippen LogP contribution < -0.4 is 15.7 Å². The maximum atomic E-state index is 13.4. The summed E-state index contributed by atoms with van der Waals surface area (Å²) in [5.74, 6) is -0.0144. The van der Waals surface area contributed by atoms with E-state index in [2.05, 4.69) is 0 Å². The molecule has 1 N–H and O–H groups in total. The van der Waals surface area contributed by atoms with Crippen LogP contribution in [0.2, 0.25) is 0 Å². The molecule has 1 aromatic carbocycles. The minimum Gasteiger partial charge on any atom is -0.733 e. The van der Waals surface area contributed by atoms with Crippen LogP contribution in [-0.4, -0.2) is 72.3 Å². The molecule has 0 atom stereocenters. The zero-order valence-electron chi connectivity index (χ0n) is 19.7. The van der Waals surface area contributed by atoms with Crippen molar-refractivity contribution < 1.29 is 10.0 Å². The predicted octanol–water partition coefficient (Wildman–Crippen LogP) is 2.98. The summed E-state index contributed by atoms with van der Waals surface area (Å²) >= 11 is 1.41. The van der Waals surface area contributed by atoms with Crippen LogP contribution in [0, 0.1) is 12.1 Å².